The number of aromatic nitrogens is 1. The lowest BCUT2D eigenvalue weighted by atomic mass is 10.2. The molecule has 2 aromatic rings. The van der Waals surface area contributed by atoms with Crippen molar-refractivity contribution in [2.75, 3.05) is 11.6 Å². The predicted octanol–water partition coefficient (Wildman–Crippen LogP) is 2.39. The average molecular weight is 333 g/mol. The van der Waals surface area contributed by atoms with Gasteiger partial charge in [-0.25, -0.2) is 4.98 Å². The van der Waals surface area contributed by atoms with Gasteiger partial charge in [0.2, 0.25) is 0 Å². The summed E-state index contributed by atoms with van der Waals surface area (Å²) < 4.78 is 26.9. The molecule has 0 spiro atoms. The predicted molar refractivity (Wildman–Crippen MR) is 77.0 cm³/mol. The Morgan fingerprint density at radius 3 is 2.75 bits per heavy atom. The first-order valence-electron chi connectivity index (χ1n) is 5.24. The number of rotatable bonds is 4. The number of benzene rings is 1. The van der Waals surface area contributed by atoms with Gasteiger partial charge in [-0.3, -0.25) is 10.1 Å². The van der Waals surface area contributed by atoms with Crippen LogP contribution < -0.4 is 9.50 Å². The Bertz CT molecular complexity index is 729. The normalized spacial score (nSPS) is 11.1. The first kappa shape index (κ1) is 14.8. The zero-order valence-electron chi connectivity index (χ0n) is 10.2. The molecule has 0 bridgehead atoms. The summed E-state index contributed by atoms with van der Waals surface area (Å²) in [7, 11) is -3.69. The minimum absolute atomic E-state index is 0.0238. The van der Waals surface area contributed by atoms with Gasteiger partial charge >= 0.3 is 10.1 Å². The number of nitrogens with one attached hydrogen (secondary N) is 1. The minimum atomic E-state index is -3.69. The molecule has 1 amide bonds. The SMILES string of the molecule is CS(=O)(=O)Oc1cc(Cl)cc(C(=O)Nc2nccs2)c1. The Hall–Kier alpha value is -1.64. The third kappa shape index (κ3) is 4.19. The van der Waals surface area contributed by atoms with E-state index in [0.717, 1.165) is 6.26 Å². The van der Waals surface area contributed by atoms with Crippen LogP contribution in [0.1, 0.15) is 10.4 Å². The van der Waals surface area contributed by atoms with Gasteiger partial charge in [0.15, 0.2) is 5.13 Å². The number of amides is 1. The van der Waals surface area contributed by atoms with Crippen LogP contribution in [0.15, 0.2) is 29.8 Å². The number of anilines is 1. The molecule has 0 aliphatic heterocycles. The Balaban J connectivity index is 2.25. The Morgan fingerprint density at radius 2 is 2.15 bits per heavy atom. The number of carbonyl (C=O) groups is 1. The molecule has 2 rings (SSSR count). The van der Waals surface area contributed by atoms with Gasteiger partial charge in [0.1, 0.15) is 5.75 Å². The van der Waals surface area contributed by atoms with Crippen LogP contribution in [0.2, 0.25) is 5.02 Å². The highest BCUT2D eigenvalue weighted by Crippen LogP contribution is 2.23. The highest BCUT2D eigenvalue weighted by Gasteiger charge is 2.12. The molecule has 0 atom stereocenters. The van der Waals surface area contributed by atoms with E-state index in [1.54, 1.807) is 11.6 Å². The van der Waals surface area contributed by atoms with Crippen LogP contribution in [-0.2, 0) is 10.1 Å². The maximum atomic E-state index is 12.0. The topological polar surface area (TPSA) is 85.4 Å². The summed E-state index contributed by atoms with van der Waals surface area (Å²) in [6.07, 6.45) is 2.46. The highest BCUT2D eigenvalue weighted by molar-refractivity contribution is 7.86. The van der Waals surface area contributed by atoms with Gasteiger partial charge in [-0.2, -0.15) is 8.42 Å². The van der Waals surface area contributed by atoms with E-state index < -0.39 is 16.0 Å². The summed E-state index contributed by atoms with van der Waals surface area (Å²) in [5.74, 6) is -0.481. The highest BCUT2D eigenvalue weighted by atomic mass is 35.5. The molecule has 20 heavy (non-hydrogen) atoms. The molecule has 6 nitrogen and oxygen atoms in total. The van der Waals surface area contributed by atoms with Crippen molar-refractivity contribution in [3.05, 3.63) is 40.4 Å². The number of hydrogen-bond acceptors (Lipinski definition) is 6. The van der Waals surface area contributed by atoms with E-state index in [9.17, 15) is 13.2 Å². The average Bonchev–Trinajstić information content (AvgIpc) is 2.78. The van der Waals surface area contributed by atoms with Crippen molar-refractivity contribution in [2.45, 2.75) is 0 Å². The van der Waals surface area contributed by atoms with Crippen molar-refractivity contribution in [1.82, 2.24) is 4.98 Å². The molecule has 0 unspecified atom stereocenters. The number of carbonyl (C=O) groups excluding carboxylic acids is 1. The van der Waals surface area contributed by atoms with Crippen LogP contribution >= 0.6 is 22.9 Å². The smallest absolute Gasteiger partial charge is 0.306 e. The van der Waals surface area contributed by atoms with Crippen molar-refractivity contribution in [2.24, 2.45) is 0 Å². The third-order valence-electron chi connectivity index (χ3n) is 2.03. The molecule has 0 saturated heterocycles. The van der Waals surface area contributed by atoms with E-state index in [2.05, 4.69) is 10.3 Å². The fraction of sp³-hybridized carbons (Fsp3) is 0.0909. The number of thiazole rings is 1. The second kappa shape index (κ2) is 5.78. The van der Waals surface area contributed by atoms with Gasteiger partial charge in [-0.05, 0) is 12.1 Å². The quantitative estimate of drug-likeness (QED) is 0.869. The second-order valence-corrected chi connectivity index (χ2v) is 6.66. The molecule has 0 fully saturated rings. The Kier molecular flexibility index (Phi) is 4.26. The molecule has 0 saturated carbocycles. The van der Waals surface area contributed by atoms with Crippen LogP contribution in [0.3, 0.4) is 0 Å². The fourth-order valence-electron chi connectivity index (χ4n) is 1.37. The van der Waals surface area contributed by atoms with Crippen LogP contribution in [-0.4, -0.2) is 25.6 Å². The van der Waals surface area contributed by atoms with E-state index in [-0.39, 0.29) is 16.3 Å². The van der Waals surface area contributed by atoms with Gasteiger partial charge in [0.05, 0.1) is 6.26 Å². The molecule has 0 radical (unpaired) electrons. The van der Waals surface area contributed by atoms with Crippen molar-refractivity contribution in [1.29, 1.82) is 0 Å². The summed E-state index contributed by atoms with van der Waals surface area (Å²) in [4.78, 5) is 15.9. The lowest BCUT2D eigenvalue weighted by molar-refractivity contribution is 0.102. The molecule has 1 N–H and O–H groups in total. The molecule has 1 aromatic heterocycles. The van der Waals surface area contributed by atoms with Crippen molar-refractivity contribution >= 4 is 44.1 Å². The summed E-state index contributed by atoms with van der Waals surface area (Å²) >= 11 is 7.10. The van der Waals surface area contributed by atoms with Gasteiger partial charge in [0, 0.05) is 28.2 Å². The molecule has 0 aliphatic carbocycles. The van der Waals surface area contributed by atoms with Crippen LogP contribution in [0.25, 0.3) is 0 Å². The van der Waals surface area contributed by atoms with Crippen molar-refractivity contribution in [3.63, 3.8) is 0 Å². The minimum Gasteiger partial charge on any atom is -0.383 e. The number of nitrogens with zero attached hydrogens (tertiary/aromatic N) is 1. The molecular weight excluding hydrogens is 324 g/mol. The van der Waals surface area contributed by atoms with Gasteiger partial charge in [-0.1, -0.05) is 11.6 Å². The number of halogens is 1. The molecule has 1 aromatic carbocycles. The van der Waals surface area contributed by atoms with Crippen LogP contribution in [0.5, 0.6) is 5.75 Å². The van der Waals surface area contributed by atoms with Crippen LogP contribution in [0.4, 0.5) is 5.13 Å². The van der Waals surface area contributed by atoms with Crippen molar-refractivity contribution < 1.29 is 17.4 Å². The first-order valence-corrected chi connectivity index (χ1v) is 8.32. The van der Waals surface area contributed by atoms with E-state index in [4.69, 9.17) is 15.8 Å². The maximum Gasteiger partial charge on any atom is 0.306 e. The van der Waals surface area contributed by atoms with Gasteiger partial charge in [0.25, 0.3) is 5.91 Å². The van der Waals surface area contributed by atoms with E-state index in [0.29, 0.717) is 5.13 Å². The first-order chi connectivity index (χ1) is 9.33. The summed E-state index contributed by atoms with van der Waals surface area (Å²) in [6.45, 7) is 0. The molecule has 9 heteroatoms. The summed E-state index contributed by atoms with van der Waals surface area (Å²) in [6, 6.07) is 4.00. The molecular formula is C11H9ClN2O4S2. The molecule has 1 heterocycles. The van der Waals surface area contributed by atoms with Crippen LogP contribution in [0, 0.1) is 0 Å². The Labute approximate surface area is 124 Å². The van der Waals surface area contributed by atoms with E-state index in [1.165, 1.54) is 29.5 Å². The monoisotopic (exact) mass is 332 g/mol. The van der Waals surface area contributed by atoms with Crippen molar-refractivity contribution in [3.8, 4) is 5.75 Å². The lowest BCUT2D eigenvalue weighted by Crippen LogP contribution is -2.12. The molecule has 106 valence electrons. The van der Waals surface area contributed by atoms with E-state index >= 15 is 0 Å². The van der Waals surface area contributed by atoms with E-state index in [1.807, 2.05) is 0 Å². The lowest BCUT2D eigenvalue weighted by Gasteiger charge is -2.07. The third-order valence-corrected chi connectivity index (χ3v) is 3.44. The summed E-state index contributed by atoms with van der Waals surface area (Å²) in [5, 5.41) is 4.90. The van der Waals surface area contributed by atoms with Gasteiger partial charge in [-0.15, -0.1) is 11.3 Å². The second-order valence-electron chi connectivity index (χ2n) is 3.75. The largest absolute Gasteiger partial charge is 0.383 e. The standard InChI is InChI=1S/C11H9ClN2O4S2/c1-20(16,17)18-9-5-7(4-8(12)6-9)10(15)14-11-13-2-3-19-11/h2-6H,1H3,(H,13,14,15). The Morgan fingerprint density at radius 1 is 1.40 bits per heavy atom. The fourth-order valence-corrected chi connectivity index (χ4v) is 2.57. The zero-order chi connectivity index (χ0) is 14.8. The maximum absolute atomic E-state index is 12.0. The zero-order valence-corrected chi connectivity index (χ0v) is 12.6. The summed E-state index contributed by atoms with van der Waals surface area (Å²) in [5.41, 5.74) is 0.173. The molecule has 0 aliphatic rings. The number of hydrogen-bond donors (Lipinski definition) is 1. The van der Waals surface area contributed by atoms with Gasteiger partial charge < -0.3 is 4.18 Å².